The maximum atomic E-state index is 14.1. The second kappa shape index (κ2) is 36.0. The maximum absolute atomic E-state index is 14.1. The molecular formula is C68H105N5O14. The van der Waals surface area contributed by atoms with Crippen LogP contribution in [-0.4, -0.2) is 187 Å². The lowest BCUT2D eigenvalue weighted by Gasteiger charge is -2.34. The summed E-state index contributed by atoms with van der Waals surface area (Å²) in [6, 6.07) is 13.3. The minimum absolute atomic E-state index is 0.0271. The van der Waals surface area contributed by atoms with E-state index in [0.717, 1.165) is 29.2 Å². The van der Waals surface area contributed by atoms with E-state index in [-0.39, 0.29) is 123 Å². The third-order valence-corrected chi connectivity index (χ3v) is 16.0. The van der Waals surface area contributed by atoms with Crippen molar-refractivity contribution in [2.45, 2.75) is 202 Å². The van der Waals surface area contributed by atoms with E-state index in [2.05, 4.69) is 16.3 Å². The molecule has 1 aliphatic carbocycles. The zero-order valence-corrected chi connectivity index (χ0v) is 54.7. The highest BCUT2D eigenvalue weighted by molar-refractivity contribution is 5.91. The summed E-state index contributed by atoms with van der Waals surface area (Å²) in [7, 11) is 1.28. The molecule has 1 heterocycles. The second-order valence-electron chi connectivity index (χ2n) is 27.4. The molecule has 4 rings (SSSR count). The van der Waals surface area contributed by atoms with Gasteiger partial charge in [-0.2, -0.15) is 0 Å². The van der Waals surface area contributed by atoms with Gasteiger partial charge in [-0.15, -0.1) is 0 Å². The molecule has 1 saturated carbocycles. The standard InChI is InChI=1S/C68H105N5O14/c1-48(74)22-27-54(49(2)75)42-58(77)43-56(65(83)84-12)20-14-13-15-21-60(78)59(41-51-25-28-52-18-16-17-19-55(52)40-51)69-64(82)53-29-23-50(24-30-53)26-31-57(76)44-70-32-34-71(45-61(79)85-66(3,4)5)36-38-73(47-63(81)87-68(9,10)11)39-37-72(35-33-70)46-62(80)86-67(6,7)8/h16-19,25,28,40,50,53-54,56,59H,13-15,20-24,26-27,29-39,41-47H2,1-12H3,(H,69,82)/t50?,53?,54-,56-,59+/m1/s1. The Hall–Kier alpha value is -5.76. The van der Waals surface area contributed by atoms with Gasteiger partial charge in [-0.25, -0.2) is 0 Å². The summed E-state index contributed by atoms with van der Waals surface area (Å²) in [4.78, 5) is 139. The summed E-state index contributed by atoms with van der Waals surface area (Å²) >= 11 is 0. The predicted molar refractivity (Wildman–Crippen MR) is 334 cm³/mol. The summed E-state index contributed by atoms with van der Waals surface area (Å²) in [6.07, 6.45) is 6.76. The number of Topliss-reactive ketones (excluding diaryl/α,β-unsaturated/α-hetero) is 5. The van der Waals surface area contributed by atoms with Crippen molar-refractivity contribution in [3.8, 4) is 0 Å². The number of carbonyl (C=O) groups is 10. The van der Waals surface area contributed by atoms with E-state index >= 15 is 0 Å². The topological polar surface area (TPSA) is 233 Å². The molecule has 2 fully saturated rings. The molecule has 19 heteroatoms. The number of carbonyl (C=O) groups excluding carboxylic acids is 10. The Kier molecular flexibility index (Phi) is 30.5. The molecule has 2 aliphatic rings. The number of nitrogens with zero attached hydrogens (tertiary/aromatic N) is 4. The van der Waals surface area contributed by atoms with Crippen molar-refractivity contribution in [2.24, 2.45) is 23.7 Å². The molecule has 1 N–H and O–H groups in total. The number of methoxy groups -OCH3 is 1. The van der Waals surface area contributed by atoms with Gasteiger partial charge in [0.15, 0.2) is 5.78 Å². The number of nitrogens with one attached hydrogen (secondary N) is 1. The molecule has 0 bridgehead atoms. The van der Waals surface area contributed by atoms with Gasteiger partial charge in [0.25, 0.3) is 0 Å². The molecule has 3 atom stereocenters. The Morgan fingerprint density at radius 1 is 0.540 bits per heavy atom. The smallest absolute Gasteiger partial charge is 0.320 e. The zero-order valence-electron chi connectivity index (χ0n) is 54.7. The summed E-state index contributed by atoms with van der Waals surface area (Å²) in [6.45, 7) is 23.1. The molecule has 2 aromatic rings. The average molecular weight is 1220 g/mol. The van der Waals surface area contributed by atoms with Gasteiger partial charge in [0.05, 0.1) is 45.2 Å². The average Bonchev–Trinajstić information content (AvgIpc) is 3.48. The van der Waals surface area contributed by atoms with Crippen LogP contribution in [0.5, 0.6) is 0 Å². The number of unbranched alkanes of at least 4 members (excludes halogenated alkanes) is 2. The lowest BCUT2D eigenvalue weighted by atomic mass is 9.79. The van der Waals surface area contributed by atoms with E-state index in [0.29, 0.717) is 110 Å². The molecule has 2 aromatic carbocycles. The second-order valence-corrected chi connectivity index (χ2v) is 27.4. The summed E-state index contributed by atoms with van der Waals surface area (Å²) in [5, 5.41) is 5.25. The van der Waals surface area contributed by atoms with Crippen LogP contribution < -0.4 is 5.32 Å². The van der Waals surface area contributed by atoms with E-state index in [1.807, 2.05) is 113 Å². The summed E-state index contributed by atoms with van der Waals surface area (Å²) < 4.78 is 22.1. The SMILES string of the molecule is COC(=O)[C@H](CCCCCC(=O)[C@H](Cc1ccc2ccccc2c1)NC(=O)C1CCC(CCC(=O)CN2CCN(CC(=O)OC(C)(C)C)CCN(CC(=O)OC(C)(C)C)CCN(CC(=O)OC(C)(C)C)CC2)CC1)CC(=O)C[C@@H](CCC(C)=O)C(C)=O. The number of ketones is 5. The number of rotatable bonds is 31. The molecule has 1 saturated heterocycles. The molecule has 0 unspecified atom stereocenters. The number of benzene rings is 2. The first-order valence-corrected chi connectivity index (χ1v) is 31.8. The van der Waals surface area contributed by atoms with E-state index in [4.69, 9.17) is 18.9 Å². The van der Waals surface area contributed by atoms with E-state index < -0.39 is 40.7 Å². The number of esters is 4. The minimum Gasteiger partial charge on any atom is -0.469 e. The fraction of sp³-hybridized carbons (Fsp3) is 0.706. The summed E-state index contributed by atoms with van der Waals surface area (Å²) in [5.74, 6) is -3.58. The molecule has 87 heavy (non-hydrogen) atoms. The lowest BCUT2D eigenvalue weighted by Crippen LogP contribution is -2.50. The first-order chi connectivity index (χ1) is 40.8. The Morgan fingerprint density at radius 3 is 1.49 bits per heavy atom. The van der Waals surface area contributed by atoms with Gasteiger partial charge in [0.1, 0.15) is 39.9 Å². The molecular weight excluding hydrogens is 1110 g/mol. The van der Waals surface area contributed by atoms with E-state index in [1.54, 1.807) is 0 Å². The highest BCUT2D eigenvalue weighted by atomic mass is 16.6. The molecule has 0 radical (unpaired) electrons. The molecule has 0 spiro atoms. The first kappa shape index (κ1) is 73.7. The minimum atomic E-state index is -0.759. The predicted octanol–water partition coefficient (Wildman–Crippen LogP) is 8.50. The van der Waals surface area contributed by atoms with Gasteiger partial charge in [-0.3, -0.25) is 62.8 Å². The van der Waals surface area contributed by atoms with Crippen molar-refractivity contribution < 1.29 is 66.9 Å². The van der Waals surface area contributed by atoms with Crippen LogP contribution in [0, 0.1) is 23.7 Å². The van der Waals surface area contributed by atoms with Crippen molar-refractivity contribution in [1.82, 2.24) is 24.9 Å². The Balaban J connectivity index is 1.37. The van der Waals surface area contributed by atoms with Crippen LogP contribution in [0.4, 0.5) is 0 Å². The fourth-order valence-electron chi connectivity index (χ4n) is 11.4. The normalized spacial score (nSPS) is 18.4. The van der Waals surface area contributed by atoms with Crippen molar-refractivity contribution in [3.63, 3.8) is 0 Å². The third kappa shape index (κ3) is 30.3. The number of hydrogen-bond acceptors (Lipinski definition) is 18. The van der Waals surface area contributed by atoms with Gasteiger partial charge in [0, 0.05) is 96.3 Å². The van der Waals surface area contributed by atoms with Crippen LogP contribution in [0.15, 0.2) is 42.5 Å². The Morgan fingerprint density at radius 2 is 1.02 bits per heavy atom. The van der Waals surface area contributed by atoms with Gasteiger partial charge in [-0.05, 0) is 156 Å². The lowest BCUT2D eigenvalue weighted by molar-refractivity contribution is -0.158. The first-order valence-electron chi connectivity index (χ1n) is 31.8. The van der Waals surface area contributed by atoms with Gasteiger partial charge in [-0.1, -0.05) is 55.3 Å². The molecule has 1 aliphatic heterocycles. The van der Waals surface area contributed by atoms with Crippen molar-refractivity contribution >= 4 is 69.5 Å². The van der Waals surface area contributed by atoms with Gasteiger partial charge < -0.3 is 29.1 Å². The van der Waals surface area contributed by atoms with E-state index in [1.165, 1.54) is 21.0 Å². The molecule has 19 nitrogen and oxygen atoms in total. The van der Waals surface area contributed by atoms with Crippen molar-refractivity contribution in [1.29, 1.82) is 0 Å². The number of hydrogen-bond donors (Lipinski definition) is 1. The molecule has 0 aromatic heterocycles. The number of fused-ring (bicyclic) bond motifs is 1. The zero-order chi connectivity index (χ0) is 64.5. The van der Waals surface area contributed by atoms with Crippen LogP contribution in [0.3, 0.4) is 0 Å². The van der Waals surface area contributed by atoms with Crippen LogP contribution in [-0.2, 0) is 73.3 Å². The van der Waals surface area contributed by atoms with Crippen molar-refractivity contribution in [3.05, 3.63) is 48.0 Å². The van der Waals surface area contributed by atoms with Gasteiger partial charge >= 0.3 is 23.9 Å². The van der Waals surface area contributed by atoms with Gasteiger partial charge in [0.2, 0.25) is 5.91 Å². The fourth-order valence-corrected chi connectivity index (χ4v) is 11.4. The van der Waals surface area contributed by atoms with Crippen molar-refractivity contribution in [2.75, 3.05) is 85.6 Å². The maximum Gasteiger partial charge on any atom is 0.320 e. The molecule has 1 amide bonds. The van der Waals surface area contributed by atoms with Crippen LogP contribution in [0.2, 0.25) is 0 Å². The highest BCUT2D eigenvalue weighted by Crippen LogP contribution is 2.32. The molecule has 486 valence electrons. The quantitative estimate of drug-likeness (QED) is 0.0423. The Labute approximate surface area is 518 Å². The highest BCUT2D eigenvalue weighted by Gasteiger charge is 2.32. The third-order valence-electron chi connectivity index (χ3n) is 16.0. The number of ether oxygens (including phenoxy) is 4. The van der Waals surface area contributed by atoms with Crippen LogP contribution >= 0.6 is 0 Å². The van der Waals surface area contributed by atoms with Crippen LogP contribution in [0.25, 0.3) is 10.8 Å². The van der Waals surface area contributed by atoms with Crippen LogP contribution in [0.1, 0.15) is 178 Å². The largest absolute Gasteiger partial charge is 0.469 e. The number of amides is 1. The summed E-state index contributed by atoms with van der Waals surface area (Å²) in [5.41, 5.74) is -1.11. The Bertz CT molecular complexity index is 2560. The monoisotopic (exact) mass is 1220 g/mol. The van der Waals surface area contributed by atoms with E-state index in [9.17, 15) is 47.9 Å².